The third-order valence-electron chi connectivity index (χ3n) is 5.32. The largest absolute Gasteiger partial charge is 0.351 e. The van der Waals surface area contributed by atoms with Crippen LogP contribution in [0.15, 0.2) is 54.9 Å². The molecule has 1 aliphatic heterocycles. The lowest BCUT2D eigenvalue weighted by Gasteiger charge is -2.30. The summed E-state index contributed by atoms with van der Waals surface area (Å²) in [7, 11) is 0. The molecule has 5 heteroatoms. The Hall–Kier alpha value is -2.66. The van der Waals surface area contributed by atoms with Gasteiger partial charge in [0.05, 0.1) is 11.0 Å². The number of hydrogen-bond acceptors (Lipinski definition) is 3. The van der Waals surface area contributed by atoms with Gasteiger partial charge in [-0.3, -0.25) is 9.36 Å². The van der Waals surface area contributed by atoms with Gasteiger partial charge in [-0.25, -0.2) is 4.98 Å². The van der Waals surface area contributed by atoms with Crippen molar-refractivity contribution in [1.29, 1.82) is 0 Å². The molecule has 0 radical (unpaired) electrons. The first-order valence-electron chi connectivity index (χ1n) is 9.74. The molecule has 3 aromatic rings. The topological polar surface area (TPSA) is 50.2 Å². The van der Waals surface area contributed by atoms with Crippen molar-refractivity contribution in [3.63, 3.8) is 0 Å². The third kappa shape index (κ3) is 4.03. The number of carbonyl (C=O) groups excluding carboxylic acids is 1. The highest BCUT2D eigenvalue weighted by Gasteiger charge is 2.16. The fourth-order valence-corrected chi connectivity index (χ4v) is 3.86. The van der Waals surface area contributed by atoms with Crippen LogP contribution < -0.4 is 5.32 Å². The molecule has 0 bridgehead atoms. The second-order valence-electron chi connectivity index (χ2n) is 7.45. The molecule has 0 spiro atoms. The predicted octanol–water partition coefficient (Wildman–Crippen LogP) is 3.49. The summed E-state index contributed by atoms with van der Waals surface area (Å²) in [5.74, 6) is 0.753. The molecular formula is C22H26N4O. The number of rotatable bonds is 5. The molecular weight excluding hydrogens is 336 g/mol. The van der Waals surface area contributed by atoms with E-state index in [1.165, 1.54) is 12.8 Å². The van der Waals surface area contributed by atoms with Crippen molar-refractivity contribution in [1.82, 2.24) is 19.8 Å². The predicted molar refractivity (Wildman–Crippen MR) is 108 cm³/mol. The molecule has 2 heterocycles. The van der Waals surface area contributed by atoms with E-state index in [9.17, 15) is 4.79 Å². The van der Waals surface area contributed by atoms with Crippen LogP contribution in [0.2, 0.25) is 0 Å². The number of nitrogens with one attached hydrogen (secondary N) is 1. The summed E-state index contributed by atoms with van der Waals surface area (Å²) >= 11 is 0. The van der Waals surface area contributed by atoms with Gasteiger partial charge in [-0.1, -0.05) is 19.1 Å². The number of benzene rings is 2. The van der Waals surface area contributed by atoms with E-state index in [0.717, 1.165) is 42.3 Å². The highest BCUT2D eigenvalue weighted by Crippen LogP contribution is 2.18. The Balaban J connectivity index is 1.36. The Morgan fingerprint density at radius 3 is 2.81 bits per heavy atom. The lowest BCUT2D eigenvalue weighted by Crippen LogP contribution is -2.40. The minimum atomic E-state index is -0.0119. The Morgan fingerprint density at radius 2 is 2.00 bits per heavy atom. The highest BCUT2D eigenvalue weighted by molar-refractivity contribution is 5.94. The van der Waals surface area contributed by atoms with E-state index in [4.69, 9.17) is 0 Å². The molecule has 1 aliphatic rings. The van der Waals surface area contributed by atoms with Crippen LogP contribution in [-0.2, 0) is 0 Å². The Bertz CT molecular complexity index is 915. The van der Waals surface area contributed by atoms with Gasteiger partial charge in [-0.05, 0) is 61.7 Å². The smallest absolute Gasteiger partial charge is 0.251 e. The summed E-state index contributed by atoms with van der Waals surface area (Å²) in [4.78, 5) is 19.3. The van der Waals surface area contributed by atoms with Crippen molar-refractivity contribution in [2.24, 2.45) is 5.92 Å². The maximum absolute atomic E-state index is 12.4. The number of amides is 1. The zero-order chi connectivity index (χ0) is 18.6. The normalized spacial score (nSPS) is 17.9. The summed E-state index contributed by atoms with van der Waals surface area (Å²) in [6.07, 6.45) is 4.40. The summed E-state index contributed by atoms with van der Waals surface area (Å²) in [6.45, 7) is 6.21. The minimum Gasteiger partial charge on any atom is -0.351 e. The number of para-hydroxylation sites is 2. The van der Waals surface area contributed by atoms with E-state index in [0.29, 0.717) is 12.1 Å². The van der Waals surface area contributed by atoms with Crippen LogP contribution in [0.1, 0.15) is 30.1 Å². The van der Waals surface area contributed by atoms with Crippen LogP contribution >= 0.6 is 0 Å². The molecule has 1 atom stereocenters. The number of hydrogen-bond donors (Lipinski definition) is 1. The maximum Gasteiger partial charge on any atom is 0.251 e. The molecule has 1 aromatic heterocycles. The summed E-state index contributed by atoms with van der Waals surface area (Å²) in [6, 6.07) is 15.7. The monoisotopic (exact) mass is 362 g/mol. The maximum atomic E-state index is 12.4. The van der Waals surface area contributed by atoms with Crippen LogP contribution in [0, 0.1) is 5.92 Å². The van der Waals surface area contributed by atoms with Crippen molar-refractivity contribution < 1.29 is 4.79 Å². The number of likely N-dealkylation sites (tertiary alicyclic amines) is 1. The van der Waals surface area contributed by atoms with Crippen molar-refractivity contribution in [2.45, 2.75) is 19.8 Å². The average Bonchev–Trinajstić information content (AvgIpc) is 3.12. The molecule has 1 fully saturated rings. The van der Waals surface area contributed by atoms with Crippen molar-refractivity contribution in [3.8, 4) is 5.69 Å². The number of nitrogens with zero attached hydrogens (tertiary/aromatic N) is 3. The number of carbonyl (C=O) groups is 1. The molecule has 4 rings (SSSR count). The van der Waals surface area contributed by atoms with Crippen molar-refractivity contribution in [3.05, 3.63) is 60.4 Å². The van der Waals surface area contributed by atoms with Crippen LogP contribution in [0.3, 0.4) is 0 Å². The molecule has 1 saturated heterocycles. The number of imidazole rings is 1. The Kier molecular flexibility index (Phi) is 5.21. The summed E-state index contributed by atoms with van der Waals surface area (Å²) in [5, 5.41) is 3.05. The second-order valence-corrected chi connectivity index (χ2v) is 7.45. The Labute approximate surface area is 160 Å². The molecule has 27 heavy (non-hydrogen) atoms. The zero-order valence-electron chi connectivity index (χ0n) is 15.8. The Morgan fingerprint density at radius 1 is 1.19 bits per heavy atom. The lowest BCUT2D eigenvalue weighted by atomic mass is 10.0. The van der Waals surface area contributed by atoms with Gasteiger partial charge in [-0.2, -0.15) is 0 Å². The molecule has 1 N–H and O–H groups in total. The van der Waals surface area contributed by atoms with Gasteiger partial charge in [0.2, 0.25) is 0 Å². The summed E-state index contributed by atoms with van der Waals surface area (Å²) in [5.41, 5.74) is 3.72. The van der Waals surface area contributed by atoms with E-state index in [-0.39, 0.29) is 5.91 Å². The molecule has 2 aromatic carbocycles. The first-order valence-corrected chi connectivity index (χ1v) is 9.74. The second kappa shape index (κ2) is 7.92. The highest BCUT2D eigenvalue weighted by atomic mass is 16.1. The standard InChI is InChI=1S/C22H26N4O/c1-17-5-4-13-25(15-17)14-12-23-22(27)18-8-10-19(11-9-18)26-16-24-20-6-2-3-7-21(20)26/h2-3,6-11,16-17H,4-5,12-15H2,1H3,(H,23,27). The lowest BCUT2D eigenvalue weighted by molar-refractivity contribution is 0.0944. The van der Waals surface area contributed by atoms with Crippen molar-refractivity contribution in [2.75, 3.05) is 26.2 Å². The van der Waals surface area contributed by atoms with Crippen LogP contribution in [0.5, 0.6) is 0 Å². The first kappa shape index (κ1) is 17.7. The number of piperidine rings is 1. The molecule has 1 amide bonds. The SMILES string of the molecule is CC1CCCN(CCNC(=O)c2ccc(-n3cnc4ccccc43)cc2)C1. The third-order valence-corrected chi connectivity index (χ3v) is 5.32. The van der Waals surface area contributed by atoms with E-state index in [2.05, 4.69) is 22.1 Å². The average molecular weight is 362 g/mol. The van der Waals surface area contributed by atoms with Gasteiger partial charge in [0.25, 0.3) is 5.91 Å². The number of aromatic nitrogens is 2. The van der Waals surface area contributed by atoms with E-state index in [1.54, 1.807) is 0 Å². The molecule has 1 unspecified atom stereocenters. The van der Waals surface area contributed by atoms with Gasteiger partial charge in [0, 0.05) is 30.9 Å². The van der Waals surface area contributed by atoms with Crippen LogP contribution in [0.25, 0.3) is 16.7 Å². The van der Waals surface area contributed by atoms with Gasteiger partial charge >= 0.3 is 0 Å². The molecule has 140 valence electrons. The van der Waals surface area contributed by atoms with Crippen LogP contribution in [0.4, 0.5) is 0 Å². The number of fused-ring (bicyclic) bond motifs is 1. The van der Waals surface area contributed by atoms with Crippen LogP contribution in [-0.4, -0.2) is 46.5 Å². The zero-order valence-corrected chi connectivity index (χ0v) is 15.8. The van der Waals surface area contributed by atoms with Crippen molar-refractivity contribution >= 4 is 16.9 Å². The minimum absolute atomic E-state index is 0.0119. The van der Waals surface area contributed by atoms with Gasteiger partial charge in [-0.15, -0.1) is 0 Å². The molecule has 5 nitrogen and oxygen atoms in total. The van der Waals surface area contributed by atoms with E-state index < -0.39 is 0 Å². The summed E-state index contributed by atoms with van der Waals surface area (Å²) < 4.78 is 2.04. The first-order chi connectivity index (χ1) is 13.2. The van der Waals surface area contributed by atoms with Gasteiger partial charge < -0.3 is 10.2 Å². The van der Waals surface area contributed by atoms with Gasteiger partial charge in [0.1, 0.15) is 6.33 Å². The molecule has 0 aliphatic carbocycles. The van der Waals surface area contributed by atoms with E-state index in [1.807, 2.05) is 59.4 Å². The van der Waals surface area contributed by atoms with Gasteiger partial charge in [0.15, 0.2) is 0 Å². The fraction of sp³-hybridized carbons (Fsp3) is 0.364. The quantitative estimate of drug-likeness (QED) is 0.756. The fourth-order valence-electron chi connectivity index (χ4n) is 3.86. The molecule has 0 saturated carbocycles. The van der Waals surface area contributed by atoms with E-state index >= 15 is 0 Å².